The summed E-state index contributed by atoms with van der Waals surface area (Å²) in [4.78, 5) is 2.28. The Morgan fingerprint density at radius 2 is 1.94 bits per heavy atom. The molecule has 1 unspecified atom stereocenters. The minimum Gasteiger partial charge on any atom is -0.390 e. The molecule has 3 nitrogen and oxygen atoms in total. The monoisotopic (exact) mass is 249 g/mol. The lowest BCUT2D eigenvalue weighted by atomic mass is 9.98. The number of nitrogens with zero attached hydrogens (tertiary/aromatic N) is 1. The summed E-state index contributed by atoms with van der Waals surface area (Å²) in [6, 6.07) is 7.99. The van der Waals surface area contributed by atoms with Gasteiger partial charge in [-0.2, -0.15) is 0 Å². The fourth-order valence-corrected chi connectivity index (χ4v) is 2.63. The van der Waals surface area contributed by atoms with Gasteiger partial charge in [0.2, 0.25) is 0 Å². The highest BCUT2D eigenvalue weighted by Gasteiger charge is 2.26. The van der Waals surface area contributed by atoms with Crippen molar-refractivity contribution in [1.82, 2.24) is 0 Å². The van der Waals surface area contributed by atoms with Gasteiger partial charge in [0.05, 0.1) is 11.7 Å². The third-order valence-electron chi connectivity index (χ3n) is 3.79. The summed E-state index contributed by atoms with van der Waals surface area (Å²) in [6.07, 6.45) is 2.16. The first kappa shape index (κ1) is 13.4. The summed E-state index contributed by atoms with van der Waals surface area (Å²) >= 11 is 0. The average Bonchev–Trinajstić information content (AvgIpc) is 2.50. The van der Waals surface area contributed by atoms with E-state index in [1.165, 1.54) is 0 Å². The molecule has 1 saturated heterocycles. The summed E-state index contributed by atoms with van der Waals surface area (Å²) in [5.74, 6) is 0. The molecule has 0 aromatic heterocycles. The second-order valence-electron chi connectivity index (χ2n) is 5.57. The van der Waals surface area contributed by atoms with E-state index < -0.39 is 11.7 Å². The molecule has 1 aromatic rings. The van der Waals surface area contributed by atoms with E-state index in [4.69, 9.17) is 0 Å². The van der Waals surface area contributed by atoms with Gasteiger partial charge in [-0.25, -0.2) is 0 Å². The molecule has 1 heterocycles. The number of rotatable bonds is 2. The van der Waals surface area contributed by atoms with Crippen LogP contribution >= 0.6 is 0 Å². The van der Waals surface area contributed by atoms with Crippen LogP contribution < -0.4 is 4.90 Å². The van der Waals surface area contributed by atoms with Crippen LogP contribution in [0.15, 0.2) is 24.3 Å². The van der Waals surface area contributed by atoms with Gasteiger partial charge in [0.1, 0.15) is 0 Å². The van der Waals surface area contributed by atoms with Gasteiger partial charge in [-0.3, -0.25) is 0 Å². The quantitative estimate of drug-likeness (QED) is 0.846. The zero-order valence-electron chi connectivity index (χ0n) is 11.3. The molecule has 2 atom stereocenters. The van der Waals surface area contributed by atoms with Crippen molar-refractivity contribution in [2.75, 3.05) is 18.0 Å². The Kier molecular flexibility index (Phi) is 3.93. The maximum Gasteiger partial charge on any atom is 0.0781 e. The van der Waals surface area contributed by atoms with Crippen molar-refractivity contribution in [1.29, 1.82) is 0 Å². The molecule has 1 fully saturated rings. The lowest BCUT2D eigenvalue weighted by molar-refractivity contribution is 0.0481. The number of hydrogen-bond acceptors (Lipinski definition) is 3. The molecule has 2 N–H and O–H groups in total. The van der Waals surface area contributed by atoms with Crippen molar-refractivity contribution < 1.29 is 10.2 Å². The highest BCUT2D eigenvalue weighted by Crippen LogP contribution is 2.30. The van der Waals surface area contributed by atoms with Crippen molar-refractivity contribution in [3.05, 3.63) is 29.8 Å². The zero-order chi connectivity index (χ0) is 13.2. The molecule has 1 aromatic carbocycles. The summed E-state index contributed by atoms with van der Waals surface area (Å²) in [5.41, 5.74) is 1.53. The van der Waals surface area contributed by atoms with Gasteiger partial charge in [0.15, 0.2) is 0 Å². The van der Waals surface area contributed by atoms with Crippen LogP contribution in [0.25, 0.3) is 0 Å². The molecule has 2 rings (SSSR count). The van der Waals surface area contributed by atoms with Crippen molar-refractivity contribution in [2.24, 2.45) is 0 Å². The van der Waals surface area contributed by atoms with Gasteiger partial charge in [-0.05, 0) is 39.2 Å². The third-order valence-corrected chi connectivity index (χ3v) is 3.79. The fourth-order valence-electron chi connectivity index (χ4n) is 2.63. The summed E-state index contributed by atoms with van der Waals surface area (Å²) in [6.45, 7) is 5.50. The Bertz CT molecular complexity index is 401. The van der Waals surface area contributed by atoms with E-state index in [0.29, 0.717) is 0 Å². The Morgan fingerprint density at radius 1 is 1.22 bits per heavy atom. The first-order valence-corrected chi connectivity index (χ1v) is 6.74. The molecule has 100 valence electrons. The van der Waals surface area contributed by atoms with E-state index in [0.717, 1.165) is 43.6 Å². The molecule has 1 aliphatic heterocycles. The highest BCUT2D eigenvalue weighted by molar-refractivity contribution is 5.54. The smallest absolute Gasteiger partial charge is 0.0781 e. The molecule has 0 bridgehead atoms. The minimum atomic E-state index is -0.547. The van der Waals surface area contributed by atoms with Gasteiger partial charge in [0.25, 0.3) is 0 Å². The maximum absolute atomic E-state index is 10.1. The largest absolute Gasteiger partial charge is 0.390 e. The average molecular weight is 249 g/mol. The maximum atomic E-state index is 10.1. The van der Waals surface area contributed by atoms with E-state index in [-0.39, 0.29) is 0 Å². The molecular formula is C15H23NO2. The van der Waals surface area contributed by atoms with E-state index in [1.54, 1.807) is 6.92 Å². The Morgan fingerprint density at radius 3 is 2.67 bits per heavy atom. The van der Waals surface area contributed by atoms with E-state index >= 15 is 0 Å². The zero-order valence-corrected chi connectivity index (χ0v) is 11.3. The van der Waals surface area contributed by atoms with Crippen LogP contribution in [-0.2, 0) is 0 Å². The standard InChI is InChI=1S/C15H23NO2/c1-12(17)13-6-3-4-7-14(13)16-10-5-8-15(2,18)9-11-16/h3-4,6-7,12,17-18H,5,8-11H2,1-2H3/t12-,15?/m0/s1. The predicted octanol–water partition coefficient (Wildman–Crippen LogP) is 2.48. The molecular weight excluding hydrogens is 226 g/mol. The SMILES string of the molecule is C[C@H](O)c1ccccc1N1CCCC(C)(O)CC1. The molecule has 1 aliphatic rings. The number of hydrogen-bond donors (Lipinski definition) is 2. The number of aliphatic hydroxyl groups is 2. The van der Waals surface area contributed by atoms with Crippen LogP contribution in [0.4, 0.5) is 5.69 Å². The molecule has 0 amide bonds. The van der Waals surface area contributed by atoms with Gasteiger partial charge in [-0.15, -0.1) is 0 Å². The lowest BCUT2D eigenvalue weighted by Gasteiger charge is -2.27. The topological polar surface area (TPSA) is 43.7 Å². The summed E-state index contributed by atoms with van der Waals surface area (Å²) < 4.78 is 0. The van der Waals surface area contributed by atoms with Gasteiger partial charge < -0.3 is 15.1 Å². The first-order valence-electron chi connectivity index (χ1n) is 6.74. The Balaban J connectivity index is 2.21. The summed E-state index contributed by atoms with van der Waals surface area (Å²) in [5, 5.41) is 20.0. The molecule has 0 spiro atoms. The van der Waals surface area contributed by atoms with Crippen molar-refractivity contribution >= 4 is 5.69 Å². The molecule has 3 heteroatoms. The first-order chi connectivity index (χ1) is 8.49. The van der Waals surface area contributed by atoms with Gasteiger partial charge >= 0.3 is 0 Å². The second-order valence-corrected chi connectivity index (χ2v) is 5.57. The van der Waals surface area contributed by atoms with Crippen molar-refractivity contribution in [3.8, 4) is 0 Å². The molecule has 18 heavy (non-hydrogen) atoms. The molecule has 0 radical (unpaired) electrons. The van der Waals surface area contributed by atoms with E-state index in [1.807, 2.05) is 25.1 Å². The number of anilines is 1. The second kappa shape index (κ2) is 5.29. The van der Waals surface area contributed by atoms with Crippen LogP contribution in [0, 0.1) is 0 Å². The van der Waals surface area contributed by atoms with Crippen molar-refractivity contribution in [2.45, 2.75) is 44.8 Å². The van der Waals surface area contributed by atoms with Crippen LogP contribution in [0.2, 0.25) is 0 Å². The molecule has 0 aliphatic carbocycles. The van der Waals surface area contributed by atoms with Crippen molar-refractivity contribution in [3.63, 3.8) is 0 Å². The Hall–Kier alpha value is -1.06. The van der Waals surface area contributed by atoms with Crippen LogP contribution in [0.5, 0.6) is 0 Å². The minimum absolute atomic E-state index is 0.454. The number of benzene rings is 1. The van der Waals surface area contributed by atoms with Crippen LogP contribution in [0.3, 0.4) is 0 Å². The fraction of sp³-hybridized carbons (Fsp3) is 0.600. The normalized spacial score (nSPS) is 26.8. The predicted molar refractivity (Wildman–Crippen MR) is 73.8 cm³/mol. The Labute approximate surface area is 109 Å². The lowest BCUT2D eigenvalue weighted by Crippen LogP contribution is -2.29. The highest BCUT2D eigenvalue weighted by atomic mass is 16.3. The molecule has 0 saturated carbocycles. The van der Waals surface area contributed by atoms with E-state index in [2.05, 4.69) is 11.0 Å². The van der Waals surface area contributed by atoms with Gasteiger partial charge in [0, 0.05) is 24.3 Å². The van der Waals surface area contributed by atoms with Gasteiger partial charge in [-0.1, -0.05) is 18.2 Å². The third kappa shape index (κ3) is 3.03. The van der Waals surface area contributed by atoms with E-state index in [9.17, 15) is 10.2 Å². The van der Waals surface area contributed by atoms with Crippen LogP contribution in [0.1, 0.15) is 44.8 Å². The van der Waals surface area contributed by atoms with Crippen LogP contribution in [-0.4, -0.2) is 28.9 Å². The number of aliphatic hydroxyl groups excluding tert-OH is 1. The number of para-hydroxylation sites is 1. The summed E-state index contributed by atoms with van der Waals surface area (Å²) in [7, 11) is 0.